The predicted octanol–water partition coefficient (Wildman–Crippen LogP) is 1.30. The molecule has 0 saturated heterocycles. The third-order valence-corrected chi connectivity index (χ3v) is 3.13. The number of aliphatic carboxylic acids is 1. The van der Waals surface area contributed by atoms with Crippen LogP contribution in [0.2, 0.25) is 0 Å². The van der Waals surface area contributed by atoms with E-state index < -0.39 is 5.97 Å². The molecule has 1 rings (SSSR count). The Morgan fingerprint density at radius 1 is 1.17 bits per heavy atom. The lowest BCUT2D eigenvalue weighted by Crippen LogP contribution is -2.40. The van der Waals surface area contributed by atoms with Crippen molar-refractivity contribution in [2.75, 3.05) is 19.6 Å². The molecule has 0 aliphatic carbocycles. The van der Waals surface area contributed by atoms with Gasteiger partial charge in [-0.3, -0.25) is 14.4 Å². The minimum Gasteiger partial charge on any atom is -0.480 e. The van der Waals surface area contributed by atoms with Crippen LogP contribution >= 0.6 is 0 Å². The highest BCUT2D eigenvalue weighted by Gasteiger charge is 2.17. The maximum Gasteiger partial charge on any atom is 0.323 e. The number of nitrogens with one attached hydrogen (secondary N) is 1. The van der Waals surface area contributed by atoms with Gasteiger partial charge in [-0.2, -0.15) is 0 Å². The summed E-state index contributed by atoms with van der Waals surface area (Å²) in [5.41, 5.74) is 0.906. The second kappa shape index (κ2) is 9.61. The van der Waals surface area contributed by atoms with Gasteiger partial charge < -0.3 is 15.3 Å². The summed E-state index contributed by atoms with van der Waals surface area (Å²) in [7, 11) is 0. The number of carbonyl (C=O) groups is 3. The molecule has 1 aromatic carbocycles. The van der Waals surface area contributed by atoms with Gasteiger partial charge >= 0.3 is 5.97 Å². The highest BCUT2D eigenvalue weighted by Crippen LogP contribution is 2.02. The van der Waals surface area contributed by atoms with Gasteiger partial charge in [-0.05, 0) is 11.5 Å². The van der Waals surface area contributed by atoms with Gasteiger partial charge in [0.25, 0.3) is 0 Å². The summed E-state index contributed by atoms with van der Waals surface area (Å²) in [5, 5.41) is 11.5. The zero-order valence-electron chi connectivity index (χ0n) is 13.6. The number of amides is 2. The zero-order chi connectivity index (χ0) is 17.2. The van der Waals surface area contributed by atoms with Crippen molar-refractivity contribution in [3.8, 4) is 0 Å². The van der Waals surface area contributed by atoms with Crippen molar-refractivity contribution >= 4 is 17.8 Å². The second-order valence-corrected chi connectivity index (χ2v) is 5.82. The second-order valence-electron chi connectivity index (χ2n) is 5.82. The Morgan fingerprint density at radius 3 is 2.39 bits per heavy atom. The Labute approximate surface area is 136 Å². The number of hydrogen-bond acceptors (Lipinski definition) is 3. The summed E-state index contributed by atoms with van der Waals surface area (Å²) in [6, 6.07) is 9.33. The number of carboxylic acids is 1. The third kappa shape index (κ3) is 7.99. The van der Waals surface area contributed by atoms with Crippen molar-refractivity contribution in [1.29, 1.82) is 0 Å². The Hall–Kier alpha value is -2.37. The van der Waals surface area contributed by atoms with E-state index in [9.17, 15) is 14.4 Å². The molecule has 0 aromatic heterocycles. The summed E-state index contributed by atoms with van der Waals surface area (Å²) in [5.74, 6) is -1.27. The van der Waals surface area contributed by atoms with Crippen LogP contribution < -0.4 is 5.32 Å². The van der Waals surface area contributed by atoms with E-state index in [1.165, 1.54) is 4.90 Å². The standard InChI is InChI=1S/C17H24N2O4/c1-13(2)11-19(12-17(22)23)16(21)8-9-18-15(20)10-14-6-4-3-5-7-14/h3-7,13H,8-12H2,1-2H3,(H,18,20)(H,22,23). The molecular formula is C17H24N2O4. The Kier molecular flexibility index (Phi) is 7.80. The lowest BCUT2D eigenvalue weighted by molar-refractivity contribution is -0.144. The Bertz CT molecular complexity index is 529. The number of benzene rings is 1. The fourth-order valence-electron chi connectivity index (χ4n) is 2.17. The third-order valence-electron chi connectivity index (χ3n) is 3.13. The molecule has 2 N–H and O–H groups in total. The molecule has 0 saturated carbocycles. The first kappa shape index (κ1) is 18.7. The minimum absolute atomic E-state index is 0.0977. The van der Waals surface area contributed by atoms with Gasteiger partial charge in [-0.15, -0.1) is 0 Å². The molecule has 0 aliphatic heterocycles. The monoisotopic (exact) mass is 320 g/mol. The van der Waals surface area contributed by atoms with Crippen molar-refractivity contribution in [2.45, 2.75) is 26.7 Å². The average Bonchev–Trinajstić information content (AvgIpc) is 2.46. The molecule has 1 aromatic rings. The van der Waals surface area contributed by atoms with Gasteiger partial charge in [0.1, 0.15) is 6.54 Å². The summed E-state index contributed by atoms with van der Waals surface area (Å²) >= 11 is 0. The van der Waals surface area contributed by atoms with E-state index in [-0.39, 0.29) is 43.7 Å². The van der Waals surface area contributed by atoms with Gasteiger partial charge in [-0.1, -0.05) is 44.2 Å². The summed E-state index contributed by atoms with van der Waals surface area (Å²) < 4.78 is 0. The predicted molar refractivity (Wildman–Crippen MR) is 86.8 cm³/mol. The van der Waals surface area contributed by atoms with Crippen LogP contribution in [0.1, 0.15) is 25.8 Å². The molecule has 0 spiro atoms. The SMILES string of the molecule is CC(C)CN(CC(=O)O)C(=O)CCNC(=O)Cc1ccccc1. The fourth-order valence-corrected chi connectivity index (χ4v) is 2.17. The van der Waals surface area contributed by atoms with E-state index in [0.717, 1.165) is 5.56 Å². The topological polar surface area (TPSA) is 86.7 Å². The van der Waals surface area contributed by atoms with E-state index in [4.69, 9.17) is 5.11 Å². The molecule has 0 radical (unpaired) electrons. The average molecular weight is 320 g/mol. The van der Waals surface area contributed by atoms with Gasteiger partial charge in [0.05, 0.1) is 6.42 Å². The van der Waals surface area contributed by atoms with Crippen molar-refractivity contribution in [2.24, 2.45) is 5.92 Å². The van der Waals surface area contributed by atoms with Crippen LogP contribution in [0.25, 0.3) is 0 Å². The largest absolute Gasteiger partial charge is 0.480 e. The minimum atomic E-state index is -1.04. The highest BCUT2D eigenvalue weighted by molar-refractivity contribution is 5.82. The maximum atomic E-state index is 12.1. The zero-order valence-corrected chi connectivity index (χ0v) is 13.6. The smallest absolute Gasteiger partial charge is 0.323 e. The van der Waals surface area contributed by atoms with E-state index in [0.29, 0.717) is 6.54 Å². The van der Waals surface area contributed by atoms with Crippen molar-refractivity contribution < 1.29 is 19.5 Å². The van der Waals surface area contributed by atoms with Crippen LogP contribution in [0.15, 0.2) is 30.3 Å². The van der Waals surface area contributed by atoms with Crippen molar-refractivity contribution in [3.63, 3.8) is 0 Å². The first-order valence-corrected chi connectivity index (χ1v) is 7.68. The first-order valence-electron chi connectivity index (χ1n) is 7.68. The van der Waals surface area contributed by atoms with Crippen LogP contribution in [-0.4, -0.2) is 47.4 Å². The number of carbonyl (C=O) groups excluding carboxylic acids is 2. The lowest BCUT2D eigenvalue weighted by Gasteiger charge is -2.22. The first-order chi connectivity index (χ1) is 10.9. The molecule has 0 aliphatic rings. The van der Waals surface area contributed by atoms with Gasteiger partial charge in [0.15, 0.2) is 0 Å². The summed E-state index contributed by atoms with van der Waals surface area (Å²) in [4.78, 5) is 36.0. The van der Waals surface area contributed by atoms with Crippen LogP contribution in [-0.2, 0) is 20.8 Å². The molecule has 2 amide bonds. The fraction of sp³-hybridized carbons (Fsp3) is 0.471. The quantitative estimate of drug-likeness (QED) is 0.718. The van der Waals surface area contributed by atoms with E-state index in [2.05, 4.69) is 5.32 Å². The number of hydrogen-bond donors (Lipinski definition) is 2. The summed E-state index contributed by atoms with van der Waals surface area (Å²) in [6.07, 6.45) is 0.362. The van der Waals surface area contributed by atoms with Crippen LogP contribution in [0.5, 0.6) is 0 Å². The van der Waals surface area contributed by atoms with Gasteiger partial charge in [0.2, 0.25) is 11.8 Å². The Balaban J connectivity index is 2.38. The number of rotatable bonds is 9. The maximum absolute atomic E-state index is 12.1. The molecule has 23 heavy (non-hydrogen) atoms. The van der Waals surface area contributed by atoms with E-state index >= 15 is 0 Å². The molecule has 0 unspecified atom stereocenters. The van der Waals surface area contributed by atoms with E-state index in [1.807, 2.05) is 44.2 Å². The summed E-state index contributed by atoms with van der Waals surface area (Å²) in [6.45, 7) is 4.13. The van der Waals surface area contributed by atoms with E-state index in [1.54, 1.807) is 0 Å². The normalized spacial score (nSPS) is 10.4. The Morgan fingerprint density at radius 2 is 1.83 bits per heavy atom. The molecule has 6 nitrogen and oxygen atoms in total. The molecule has 0 heterocycles. The molecule has 0 fully saturated rings. The lowest BCUT2D eigenvalue weighted by atomic mass is 10.1. The molecular weight excluding hydrogens is 296 g/mol. The van der Waals surface area contributed by atoms with Gasteiger partial charge in [0, 0.05) is 19.5 Å². The highest BCUT2D eigenvalue weighted by atomic mass is 16.4. The van der Waals surface area contributed by atoms with Crippen LogP contribution in [0, 0.1) is 5.92 Å². The molecule has 6 heteroatoms. The number of carboxylic acid groups (broad SMARTS) is 1. The molecule has 126 valence electrons. The molecule has 0 atom stereocenters. The van der Waals surface area contributed by atoms with Gasteiger partial charge in [-0.25, -0.2) is 0 Å². The van der Waals surface area contributed by atoms with Crippen molar-refractivity contribution in [3.05, 3.63) is 35.9 Å². The van der Waals surface area contributed by atoms with Crippen molar-refractivity contribution in [1.82, 2.24) is 10.2 Å². The van der Waals surface area contributed by atoms with Crippen LogP contribution in [0.4, 0.5) is 0 Å². The van der Waals surface area contributed by atoms with Crippen LogP contribution in [0.3, 0.4) is 0 Å². The number of nitrogens with zero attached hydrogens (tertiary/aromatic N) is 1. The molecule has 0 bridgehead atoms.